The predicted molar refractivity (Wildman–Crippen MR) is 158 cm³/mol. The summed E-state index contributed by atoms with van der Waals surface area (Å²) < 4.78 is 29.6. The Kier molecular flexibility index (Phi) is 7.23. The largest absolute Gasteiger partial charge is 0.355 e. The smallest absolute Gasteiger partial charge is 0.227 e. The third-order valence-electron chi connectivity index (χ3n) is 7.59. The van der Waals surface area contributed by atoms with Crippen molar-refractivity contribution in [2.24, 2.45) is 4.99 Å². The number of hydrogen-bond acceptors (Lipinski definition) is 6. The van der Waals surface area contributed by atoms with E-state index >= 15 is 0 Å². The minimum absolute atomic E-state index is 0.146. The number of benzene rings is 3. The maximum Gasteiger partial charge on any atom is 0.227 e. The molecule has 6 rings (SSSR count). The standard InChI is InChI=1S/C31H28ClF2N7/c1-40(2)22-12-13-41(17-22)30(35)18-6-9-21(10-7-18)38-31-37-16-19-15-36-29(27-25(33)4-3-5-26(27)34)24-14-20(32)8-11-23(24)28(19)39-31/h3-11,14,16,22,35H,12-13,15,17H2,1-2H3,(H,37,38,39). The number of fused-ring (bicyclic) bond motifs is 3. The first-order valence-corrected chi connectivity index (χ1v) is 13.7. The second kappa shape index (κ2) is 11.0. The average molecular weight is 572 g/mol. The molecule has 4 aromatic rings. The Morgan fingerprint density at radius 3 is 2.51 bits per heavy atom. The molecule has 1 aromatic heterocycles. The molecule has 10 heteroatoms. The van der Waals surface area contributed by atoms with Crippen molar-refractivity contribution in [3.8, 4) is 11.3 Å². The van der Waals surface area contributed by atoms with Gasteiger partial charge in [0.25, 0.3) is 0 Å². The molecule has 0 saturated carbocycles. The third kappa shape index (κ3) is 5.30. The van der Waals surface area contributed by atoms with Crippen molar-refractivity contribution in [1.29, 1.82) is 5.41 Å². The first-order chi connectivity index (χ1) is 19.8. The van der Waals surface area contributed by atoms with Crippen molar-refractivity contribution in [2.45, 2.75) is 19.0 Å². The van der Waals surface area contributed by atoms with Gasteiger partial charge in [0.15, 0.2) is 0 Å². The van der Waals surface area contributed by atoms with E-state index < -0.39 is 11.6 Å². The third-order valence-corrected chi connectivity index (χ3v) is 7.82. The van der Waals surface area contributed by atoms with Gasteiger partial charge in [-0.15, -0.1) is 0 Å². The van der Waals surface area contributed by atoms with Crippen molar-refractivity contribution in [1.82, 2.24) is 19.8 Å². The highest BCUT2D eigenvalue weighted by atomic mass is 35.5. The summed E-state index contributed by atoms with van der Waals surface area (Å²) in [4.78, 5) is 18.1. The number of nitrogens with one attached hydrogen (secondary N) is 2. The highest BCUT2D eigenvalue weighted by molar-refractivity contribution is 6.31. The van der Waals surface area contributed by atoms with Gasteiger partial charge in [-0.05, 0) is 69.0 Å². The van der Waals surface area contributed by atoms with Crippen LogP contribution in [0.25, 0.3) is 11.3 Å². The van der Waals surface area contributed by atoms with Crippen LogP contribution in [0.3, 0.4) is 0 Å². The molecule has 1 unspecified atom stereocenters. The Labute approximate surface area is 242 Å². The number of likely N-dealkylation sites (tertiary alicyclic amines) is 1. The maximum atomic E-state index is 14.8. The summed E-state index contributed by atoms with van der Waals surface area (Å²) in [6.07, 6.45) is 2.72. The van der Waals surface area contributed by atoms with Gasteiger partial charge in [-0.3, -0.25) is 10.4 Å². The average Bonchev–Trinajstić information content (AvgIpc) is 3.41. The zero-order valence-corrected chi connectivity index (χ0v) is 23.4. The van der Waals surface area contributed by atoms with Gasteiger partial charge in [-0.1, -0.05) is 23.7 Å². The number of hydrogen-bond donors (Lipinski definition) is 2. The Morgan fingerprint density at radius 1 is 1.05 bits per heavy atom. The van der Waals surface area contributed by atoms with E-state index in [-0.39, 0.29) is 17.8 Å². The van der Waals surface area contributed by atoms with Gasteiger partial charge in [-0.2, -0.15) is 0 Å². The van der Waals surface area contributed by atoms with Crippen LogP contribution in [0.15, 0.2) is 71.9 Å². The number of aliphatic imine (C=N–C) groups is 1. The van der Waals surface area contributed by atoms with E-state index in [9.17, 15) is 8.78 Å². The van der Waals surface area contributed by atoms with E-state index in [1.165, 1.54) is 18.2 Å². The van der Waals surface area contributed by atoms with E-state index in [0.29, 0.717) is 39.7 Å². The molecular weight excluding hydrogens is 544 g/mol. The minimum Gasteiger partial charge on any atom is -0.355 e. The fraction of sp³-hybridized carbons (Fsp3) is 0.226. The topological polar surface area (TPSA) is 80.5 Å². The summed E-state index contributed by atoms with van der Waals surface area (Å²) >= 11 is 6.32. The molecule has 1 fully saturated rings. The quantitative estimate of drug-likeness (QED) is 0.222. The van der Waals surface area contributed by atoms with E-state index in [2.05, 4.69) is 39.2 Å². The van der Waals surface area contributed by atoms with Crippen LogP contribution in [0, 0.1) is 17.0 Å². The normalized spacial score (nSPS) is 16.2. The zero-order chi connectivity index (χ0) is 28.7. The summed E-state index contributed by atoms with van der Waals surface area (Å²) in [5.74, 6) is -0.526. The Morgan fingerprint density at radius 2 is 1.80 bits per heavy atom. The van der Waals surface area contributed by atoms with Crippen molar-refractivity contribution in [3.63, 3.8) is 0 Å². The first-order valence-electron chi connectivity index (χ1n) is 13.3. The highest BCUT2D eigenvalue weighted by Gasteiger charge is 2.27. The summed E-state index contributed by atoms with van der Waals surface area (Å²) in [6.45, 7) is 1.86. The summed E-state index contributed by atoms with van der Waals surface area (Å²) in [5, 5.41) is 12.3. The monoisotopic (exact) mass is 571 g/mol. The zero-order valence-electron chi connectivity index (χ0n) is 22.6. The van der Waals surface area contributed by atoms with Crippen LogP contribution in [0.4, 0.5) is 20.4 Å². The highest BCUT2D eigenvalue weighted by Crippen LogP contribution is 2.35. The van der Waals surface area contributed by atoms with E-state index in [1.807, 2.05) is 24.3 Å². The SMILES string of the molecule is CN(C)C1CCN(C(=N)c2ccc(Nc3ncc4c(n3)-c3ccc(Cl)cc3C(c3c(F)cccc3F)=NC4)cc2)C1. The molecule has 7 nitrogen and oxygen atoms in total. The lowest BCUT2D eigenvalue weighted by Gasteiger charge is -2.22. The molecule has 3 heterocycles. The van der Waals surface area contributed by atoms with Crippen LogP contribution >= 0.6 is 11.6 Å². The summed E-state index contributed by atoms with van der Waals surface area (Å²) in [6, 6.07) is 17.0. The molecule has 0 radical (unpaired) electrons. The minimum atomic E-state index is -0.701. The molecule has 41 heavy (non-hydrogen) atoms. The molecule has 0 bridgehead atoms. The van der Waals surface area contributed by atoms with Gasteiger partial charge in [0, 0.05) is 58.3 Å². The van der Waals surface area contributed by atoms with Crippen LogP contribution in [-0.4, -0.2) is 64.5 Å². The first kappa shape index (κ1) is 27.0. The van der Waals surface area contributed by atoms with Gasteiger partial charge in [-0.25, -0.2) is 18.7 Å². The molecule has 3 aromatic carbocycles. The Hall–Kier alpha value is -4.21. The maximum absolute atomic E-state index is 14.8. The van der Waals surface area contributed by atoms with Crippen molar-refractivity contribution < 1.29 is 8.78 Å². The Balaban J connectivity index is 1.27. The lowest BCUT2D eigenvalue weighted by molar-refractivity contribution is 0.301. The molecule has 2 aliphatic heterocycles. The number of aromatic nitrogens is 2. The van der Waals surface area contributed by atoms with Crippen LogP contribution in [0.1, 0.15) is 28.7 Å². The molecule has 1 atom stereocenters. The van der Waals surface area contributed by atoms with Gasteiger partial charge < -0.3 is 15.1 Å². The van der Waals surface area contributed by atoms with E-state index in [4.69, 9.17) is 22.0 Å². The molecule has 0 spiro atoms. The van der Waals surface area contributed by atoms with Gasteiger partial charge in [0.2, 0.25) is 5.95 Å². The van der Waals surface area contributed by atoms with Crippen LogP contribution < -0.4 is 5.32 Å². The van der Waals surface area contributed by atoms with E-state index in [1.54, 1.807) is 24.4 Å². The van der Waals surface area contributed by atoms with Crippen LogP contribution in [0.2, 0.25) is 5.02 Å². The van der Waals surface area contributed by atoms with Crippen LogP contribution in [0.5, 0.6) is 0 Å². The van der Waals surface area contributed by atoms with Gasteiger partial charge in [0.1, 0.15) is 17.5 Å². The fourth-order valence-corrected chi connectivity index (χ4v) is 5.48. The number of amidine groups is 1. The van der Waals surface area contributed by atoms with Gasteiger partial charge >= 0.3 is 0 Å². The summed E-state index contributed by atoms with van der Waals surface area (Å²) in [5.41, 5.74) is 4.05. The Bertz CT molecular complexity index is 1650. The molecular formula is C31H28ClF2N7. The number of nitrogens with zero attached hydrogens (tertiary/aromatic N) is 5. The van der Waals surface area contributed by atoms with Crippen molar-refractivity contribution in [3.05, 3.63) is 106 Å². The number of likely N-dealkylation sites (N-methyl/N-ethyl adjacent to an activating group) is 1. The number of anilines is 2. The summed E-state index contributed by atoms with van der Waals surface area (Å²) in [7, 11) is 4.15. The molecule has 2 aliphatic rings. The molecule has 1 saturated heterocycles. The second-order valence-corrected chi connectivity index (χ2v) is 10.9. The molecule has 0 aliphatic carbocycles. The number of rotatable bonds is 5. The molecule has 208 valence electrons. The molecule has 2 N–H and O–H groups in total. The lowest BCUT2D eigenvalue weighted by atomic mass is 9.95. The van der Waals surface area contributed by atoms with E-state index in [0.717, 1.165) is 36.3 Å². The predicted octanol–water partition coefficient (Wildman–Crippen LogP) is 6.13. The fourth-order valence-electron chi connectivity index (χ4n) is 5.31. The van der Waals surface area contributed by atoms with Crippen molar-refractivity contribution >= 4 is 34.8 Å². The number of halogens is 3. The van der Waals surface area contributed by atoms with Gasteiger partial charge in [0.05, 0.1) is 23.5 Å². The molecule has 0 amide bonds. The van der Waals surface area contributed by atoms with Crippen LogP contribution in [-0.2, 0) is 6.54 Å². The lowest BCUT2D eigenvalue weighted by Crippen LogP contribution is -2.34. The second-order valence-electron chi connectivity index (χ2n) is 10.4. The van der Waals surface area contributed by atoms with Crippen molar-refractivity contribution in [2.75, 3.05) is 32.5 Å².